The van der Waals surface area contributed by atoms with E-state index in [2.05, 4.69) is 5.10 Å². The summed E-state index contributed by atoms with van der Waals surface area (Å²) in [4.78, 5) is 12.3. The Morgan fingerprint density at radius 1 is 1.10 bits per heavy atom. The minimum absolute atomic E-state index is 0.0150. The van der Waals surface area contributed by atoms with Gasteiger partial charge in [0, 0.05) is 12.0 Å². The average molecular weight is 266 g/mol. The number of carbonyl (C=O) groups excluding carboxylic acids is 1. The van der Waals surface area contributed by atoms with Crippen molar-refractivity contribution in [3.8, 4) is 0 Å². The number of hydrogen-bond acceptors (Lipinski definition) is 2. The lowest BCUT2D eigenvalue weighted by Gasteiger charge is -2.10. The molecule has 0 saturated heterocycles. The van der Waals surface area contributed by atoms with Gasteiger partial charge in [0.15, 0.2) is 0 Å². The summed E-state index contributed by atoms with van der Waals surface area (Å²) in [5, 5.41) is 5.97. The molecular weight excluding hydrogens is 255 g/mol. The van der Waals surface area contributed by atoms with Gasteiger partial charge in [0.25, 0.3) is 5.91 Å². The molecule has 2 aromatic carbocycles. The third-order valence-corrected chi connectivity index (χ3v) is 3.85. The second kappa shape index (κ2) is 4.00. The summed E-state index contributed by atoms with van der Waals surface area (Å²) in [5.74, 6) is -0.322. The molecule has 0 bridgehead atoms. The van der Waals surface area contributed by atoms with Gasteiger partial charge in [-0.2, -0.15) is 5.10 Å². The van der Waals surface area contributed by atoms with Crippen LogP contribution >= 0.6 is 0 Å². The van der Waals surface area contributed by atoms with Gasteiger partial charge in [-0.15, -0.1) is 0 Å². The summed E-state index contributed by atoms with van der Waals surface area (Å²) in [6.07, 6.45) is 0.675. The Labute approximate surface area is 115 Å². The molecule has 0 saturated carbocycles. The van der Waals surface area contributed by atoms with E-state index in [1.807, 2.05) is 24.3 Å². The number of nitrogens with zero attached hydrogens (tertiary/aromatic N) is 2. The number of carbonyl (C=O) groups is 1. The molecule has 0 unspecified atom stereocenters. The highest BCUT2D eigenvalue weighted by molar-refractivity contribution is 6.07. The fourth-order valence-electron chi connectivity index (χ4n) is 2.86. The molecule has 2 aliphatic rings. The van der Waals surface area contributed by atoms with E-state index < -0.39 is 0 Å². The van der Waals surface area contributed by atoms with Crippen molar-refractivity contribution in [3.05, 3.63) is 71.0 Å². The molecule has 1 atom stereocenters. The first-order valence-electron chi connectivity index (χ1n) is 6.50. The largest absolute Gasteiger partial charge is 0.274 e. The zero-order chi connectivity index (χ0) is 13.7. The molecule has 0 radical (unpaired) electrons. The summed E-state index contributed by atoms with van der Waals surface area (Å²) in [5.41, 5.74) is 3.46. The van der Waals surface area contributed by atoms with Crippen molar-refractivity contribution < 1.29 is 9.18 Å². The quantitative estimate of drug-likeness (QED) is 0.780. The van der Waals surface area contributed by atoms with Crippen molar-refractivity contribution in [1.29, 1.82) is 0 Å². The Balaban J connectivity index is 1.72. The van der Waals surface area contributed by atoms with E-state index in [9.17, 15) is 9.18 Å². The molecule has 2 aromatic rings. The number of benzene rings is 2. The zero-order valence-electron chi connectivity index (χ0n) is 10.6. The van der Waals surface area contributed by atoms with E-state index in [0.29, 0.717) is 6.42 Å². The van der Waals surface area contributed by atoms with Crippen LogP contribution in [0.3, 0.4) is 0 Å². The van der Waals surface area contributed by atoms with Gasteiger partial charge >= 0.3 is 0 Å². The van der Waals surface area contributed by atoms with Gasteiger partial charge in [0.1, 0.15) is 5.82 Å². The van der Waals surface area contributed by atoms with Gasteiger partial charge in [-0.1, -0.05) is 30.3 Å². The van der Waals surface area contributed by atoms with Gasteiger partial charge in [-0.25, -0.2) is 9.40 Å². The molecule has 98 valence electrons. The first kappa shape index (κ1) is 11.3. The maximum Gasteiger partial charge on any atom is 0.274 e. The van der Waals surface area contributed by atoms with Gasteiger partial charge in [0.2, 0.25) is 0 Å². The SMILES string of the molecule is O=C1c2ccccc2[C@H]2CC(c3ccc(F)cc3)=NN12. The van der Waals surface area contributed by atoms with Crippen LogP contribution in [0.1, 0.15) is 33.9 Å². The maximum atomic E-state index is 13.0. The van der Waals surface area contributed by atoms with E-state index in [0.717, 1.165) is 22.4 Å². The van der Waals surface area contributed by atoms with E-state index in [-0.39, 0.29) is 17.8 Å². The lowest BCUT2D eigenvalue weighted by molar-refractivity contribution is 0.0756. The Morgan fingerprint density at radius 2 is 1.85 bits per heavy atom. The molecule has 0 aliphatic carbocycles. The third kappa shape index (κ3) is 1.51. The van der Waals surface area contributed by atoms with Crippen LogP contribution in [0.15, 0.2) is 53.6 Å². The van der Waals surface area contributed by atoms with Crippen LogP contribution in [0.25, 0.3) is 0 Å². The van der Waals surface area contributed by atoms with E-state index in [4.69, 9.17) is 0 Å². The predicted molar refractivity (Wildman–Crippen MR) is 72.9 cm³/mol. The highest BCUT2D eigenvalue weighted by Crippen LogP contribution is 2.40. The van der Waals surface area contributed by atoms with Gasteiger partial charge < -0.3 is 0 Å². The molecule has 20 heavy (non-hydrogen) atoms. The summed E-state index contributed by atoms with van der Waals surface area (Å²) >= 11 is 0. The van der Waals surface area contributed by atoms with Crippen LogP contribution in [0.5, 0.6) is 0 Å². The van der Waals surface area contributed by atoms with Gasteiger partial charge in [-0.05, 0) is 29.3 Å². The molecule has 2 heterocycles. The summed E-state index contributed by atoms with van der Waals surface area (Å²) in [6.45, 7) is 0. The zero-order valence-corrected chi connectivity index (χ0v) is 10.6. The van der Waals surface area contributed by atoms with Crippen LogP contribution in [0.4, 0.5) is 4.39 Å². The lowest BCUT2D eigenvalue weighted by atomic mass is 9.98. The smallest absolute Gasteiger partial charge is 0.267 e. The number of hydrogen-bond donors (Lipinski definition) is 0. The van der Waals surface area contributed by atoms with Crippen molar-refractivity contribution in [2.75, 3.05) is 0 Å². The molecule has 0 N–H and O–H groups in total. The Hall–Kier alpha value is -2.49. The fraction of sp³-hybridized carbons (Fsp3) is 0.125. The topological polar surface area (TPSA) is 32.7 Å². The number of fused-ring (bicyclic) bond motifs is 3. The summed E-state index contributed by atoms with van der Waals surface area (Å²) in [6, 6.07) is 13.8. The molecule has 0 fully saturated rings. The number of amides is 1. The monoisotopic (exact) mass is 266 g/mol. The average Bonchev–Trinajstić information content (AvgIpc) is 3.01. The predicted octanol–water partition coefficient (Wildman–Crippen LogP) is 3.13. The van der Waals surface area contributed by atoms with Crippen molar-refractivity contribution in [2.45, 2.75) is 12.5 Å². The van der Waals surface area contributed by atoms with E-state index >= 15 is 0 Å². The number of hydrazone groups is 1. The molecule has 4 rings (SSSR count). The van der Waals surface area contributed by atoms with Crippen molar-refractivity contribution >= 4 is 11.6 Å². The minimum atomic E-state index is -0.269. The second-order valence-corrected chi connectivity index (χ2v) is 5.01. The Kier molecular flexibility index (Phi) is 2.27. The standard InChI is InChI=1S/C16H11FN2O/c17-11-7-5-10(6-8-11)14-9-15-12-3-1-2-4-13(12)16(20)19(15)18-14/h1-8,15H,9H2/t15-/m1/s1. The fourth-order valence-corrected chi connectivity index (χ4v) is 2.86. The lowest BCUT2D eigenvalue weighted by Crippen LogP contribution is -2.17. The van der Waals surface area contributed by atoms with Crippen LogP contribution < -0.4 is 0 Å². The van der Waals surface area contributed by atoms with E-state index in [1.54, 1.807) is 17.1 Å². The molecule has 2 aliphatic heterocycles. The normalized spacial score (nSPS) is 19.9. The van der Waals surface area contributed by atoms with Gasteiger partial charge in [-0.3, -0.25) is 4.79 Å². The molecular formula is C16H11FN2O. The summed E-state index contributed by atoms with van der Waals surface area (Å²) < 4.78 is 13.0. The first-order valence-corrected chi connectivity index (χ1v) is 6.50. The molecule has 1 amide bonds. The number of halogens is 1. The highest BCUT2D eigenvalue weighted by atomic mass is 19.1. The summed E-state index contributed by atoms with van der Waals surface area (Å²) in [7, 11) is 0. The highest BCUT2D eigenvalue weighted by Gasteiger charge is 2.41. The van der Waals surface area contributed by atoms with Crippen molar-refractivity contribution in [1.82, 2.24) is 5.01 Å². The Bertz CT molecular complexity index is 736. The minimum Gasteiger partial charge on any atom is -0.267 e. The molecule has 0 spiro atoms. The number of rotatable bonds is 1. The molecule has 3 nitrogen and oxygen atoms in total. The maximum absolute atomic E-state index is 13.0. The van der Waals surface area contributed by atoms with Crippen LogP contribution in [-0.2, 0) is 0 Å². The molecule has 4 heteroatoms. The van der Waals surface area contributed by atoms with E-state index in [1.165, 1.54) is 12.1 Å². The Morgan fingerprint density at radius 3 is 2.65 bits per heavy atom. The van der Waals surface area contributed by atoms with Gasteiger partial charge in [0.05, 0.1) is 11.8 Å². The van der Waals surface area contributed by atoms with Crippen molar-refractivity contribution in [2.24, 2.45) is 5.10 Å². The molecule has 0 aromatic heterocycles. The van der Waals surface area contributed by atoms with Crippen LogP contribution in [0, 0.1) is 5.82 Å². The van der Waals surface area contributed by atoms with Crippen molar-refractivity contribution in [3.63, 3.8) is 0 Å². The second-order valence-electron chi connectivity index (χ2n) is 5.01. The first-order chi connectivity index (χ1) is 9.74. The van der Waals surface area contributed by atoms with Crippen LogP contribution in [0.2, 0.25) is 0 Å². The van der Waals surface area contributed by atoms with Crippen LogP contribution in [-0.4, -0.2) is 16.6 Å². The third-order valence-electron chi connectivity index (χ3n) is 3.85.